The second-order valence-electron chi connectivity index (χ2n) is 5.65. The molecule has 0 unspecified atom stereocenters. The third kappa shape index (κ3) is 2.47. The molecule has 0 radical (unpaired) electrons. The van der Waals surface area contributed by atoms with Gasteiger partial charge >= 0.3 is 0 Å². The molecule has 1 aromatic rings. The average Bonchev–Trinajstić information content (AvgIpc) is 2.99. The second kappa shape index (κ2) is 4.58. The molecule has 0 amide bonds. The maximum Gasteiger partial charge on any atom is 0.185 e. The van der Waals surface area contributed by atoms with Gasteiger partial charge in [0.25, 0.3) is 0 Å². The van der Waals surface area contributed by atoms with Crippen molar-refractivity contribution < 1.29 is 5.11 Å². The normalized spacial score (nSPS) is 29.6. The molecular formula is C13H20N2OS. The summed E-state index contributed by atoms with van der Waals surface area (Å²) in [6.45, 7) is 2.43. The molecule has 0 aromatic carbocycles. The summed E-state index contributed by atoms with van der Waals surface area (Å²) in [4.78, 5) is 6.77. The summed E-state index contributed by atoms with van der Waals surface area (Å²) >= 11 is 1.71. The summed E-state index contributed by atoms with van der Waals surface area (Å²) < 4.78 is 0. The number of hydrogen-bond donors (Lipinski definition) is 1. The van der Waals surface area contributed by atoms with Crippen molar-refractivity contribution in [3.05, 3.63) is 11.6 Å². The van der Waals surface area contributed by atoms with Crippen molar-refractivity contribution in [1.82, 2.24) is 4.98 Å². The third-order valence-corrected chi connectivity index (χ3v) is 4.94. The maximum absolute atomic E-state index is 9.79. The highest BCUT2D eigenvalue weighted by Crippen LogP contribution is 2.45. The van der Waals surface area contributed by atoms with Gasteiger partial charge in [0.05, 0.1) is 6.61 Å². The fourth-order valence-electron chi connectivity index (χ4n) is 3.04. The number of nitrogens with zero attached hydrogens (tertiary/aromatic N) is 2. The monoisotopic (exact) mass is 252 g/mol. The molecule has 1 saturated carbocycles. The van der Waals surface area contributed by atoms with Gasteiger partial charge in [-0.05, 0) is 25.2 Å². The number of hydrogen-bond acceptors (Lipinski definition) is 4. The summed E-state index contributed by atoms with van der Waals surface area (Å²) in [5.74, 6) is 0.887. The minimum Gasteiger partial charge on any atom is -0.396 e. The Hall–Kier alpha value is -0.610. The Morgan fingerprint density at radius 1 is 1.53 bits per heavy atom. The first-order valence-corrected chi connectivity index (χ1v) is 7.45. The van der Waals surface area contributed by atoms with E-state index in [-0.39, 0.29) is 5.41 Å². The quantitative estimate of drug-likeness (QED) is 0.894. The number of rotatable bonds is 4. The van der Waals surface area contributed by atoms with Gasteiger partial charge in [0.15, 0.2) is 5.13 Å². The summed E-state index contributed by atoms with van der Waals surface area (Å²) in [6, 6.07) is 0. The Labute approximate surface area is 106 Å². The van der Waals surface area contributed by atoms with Crippen LogP contribution in [0.4, 0.5) is 5.13 Å². The Morgan fingerprint density at radius 3 is 3.06 bits per heavy atom. The van der Waals surface area contributed by atoms with E-state index in [2.05, 4.69) is 9.88 Å². The van der Waals surface area contributed by atoms with E-state index in [4.69, 9.17) is 0 Å². The van der Waals surface area contributed by atoms with Crippen molar-refractivity contribution in [2.75, 3.05) is 24.6 Å². The summed E-state index contributed by atoms with van der Waals surface area (Å²) in [7, 11) is 0. The van der Waals surface area contributed by atoms with Gasteiger partial charge in [-0.2, -0.15) is 0 Å². The van der Waals surface area contributed by atoms with Gasteiger partial charge in [-0.25, -0.2) is 4.98 Å². The number of aliphatic hydroxyl groups excluding tert-OH is 1. The van der Waals surface area contributed by atoms with E-state index in [1.807, 2.05) is 11.6 Å². The SMILES string of the molecule is OC[C@@]1(CC2CC2)CCCN(c2nccs2)C1. The zero-order valence-corrected chi connectivity index (χ0v) is 11.0. The average molecular weight is 252 g/mol. The van der Waals surface area contributed by atoms with Gasteiger partial charge in [0.1, 0.15) is 0 Å². The van der Waals surface area contributed by atoms with Gasteiger partial charge in [-0.3, -0.25) is 0 Å². The molecule has 1 N–H and O–H groups in total. The van der Waals surface area contributed by atoms with Crippen LogP contribution in [0.3, 0.4) is 0 Å². The third-order valence-electron chi connectivity index (χ3n) is 4.11. The summed E-state index contributed by atoms with van der Waals surface area (Å²) in [5, 5.41) is 12.9. The molecule has 1 saturated heterocycles. The van der Waals surface area contributed by atoms with E-state index in [1.165, 1.54) is 32.1 Å². The number of thiazole rings is 1. The van der Waals surface area contributed by atoms with E-state index in [0.717, 1.165) is 24.1 Å². The van der Waals surface area contributed by atoms with E-state index >= 15 is 0 Å². The topological polar surface area (TPSA) is 36.4 Å². The minimum absolute atomic E-state index is 0.144. The van der Waals surface area contributed by atoms with Crippen molar-refractivity contribution >= 4 is 16.5 Å². The molecule has 0 spiro atoms. The summed E-state index contributed by atoms with van der Waals surface area (Å²) in [5.41, 5.74) is 0.144. The van der Waals surface area contributed by atoms with Crippen molar-refractivity contribution in [3.8, 4) is 0 Å². The van der Waals surface area contributed by atoms with Gasteiger partial charge in [-0.15, -0.1) is 11.3 Å². The number of anilines is 1. The van der Waals surface area contributed by atoms with Crippen molar-refractivity contribution in [2.24, 2.45) is 11.3 Å². The van der Waals surface area contributed by atoms with Gasteiger partial charge in [0.2, 0.25) is 0 Å². The highest BCUT2D eigenvalue weighted by Gasteiger charge is 2.40. The lowest BCUT2D eigenvalue weighted by molar-refractivity contribution is 0.0904. The van der Waals surface area contributed by atoms with Gasteiger partial charge < -0.3 is 10.0 Å². The molecule has 3 nitrogen and oxygen atoms in total. The van der Waals surface area contributed by atoms with Crippen LogP contribution < -0.4 is 4.90 Å². The fraction of sp³-hybridized carbons (Fsp3) is 0.769. The first-order chi connectivity index (χ1) is 8.31. The molecule has 2 aliphatic rings. The predicted molar refractivity (Wildman–Crippen MR) is 70.4 cm³/mol. The first-order valence-electron chi connectivity index (χ1n) is 6.57. The molecule has 1 aromatic heterocycles. The standard InChI is InChI=1S/C13H20N2OS/c16-10-13(8-11-2-3-11)4-1-6-15(9-13)12-14-5-7-17-12/h5,7,11,16H,1-4,6,8-10H2/t13-/m1/s1. The van der Waals surface area contributed by atoms with Crippen LogP contribution in [0.15, 0.2) is 11.6 Å². The highest BCUT2D eigenvalue weighted by molar-refractivity contribution is 7.13. The molecule has 4 heteroatoms. The lowest BCUT2D eigenvalue weighted by atomic mass is 9.76. The Kier molecular flexibility index (Phi) is 3.09. The molecule has 2 fully saturated rings. The molecule has 3 rings (SSSR count). The van der Waals surface area contributed by atoms with Crippen molar-refractivity contribution in [1.29, 1.82) is 0 Å². The number of piperidine rings is 1. The molecule has 17 heavy (non-hydrogen) atoms. The highest BCUT2D eigenvalue weighted by atomic mass is 32.1. The van der Waals surface area contributed by atoms with E-state index in [1.54, 1.807) is 11.3 Å². The van der Waals surface area contributed by atoms with E-state index in [0.29, 0.717) is 6.61 Å². The number of aliphatic hydroxyl groups is 1. The zero-order valence-electron chi connectivity index (χ0n) is 10.1. The van der Waals surface area contributed by atoms with Crippen LogP contribution in [0.2, 0.25) is 0 Å². The largest absolute Gasteiger partial charge is 0.396 e. The molecule has 1 atom stereocenters. The first kappa shape index (κ1) is 11.5. The van der Waals surface area contributed by atoms with Crippen LogP contribution in [0.1, 0.15) is 32.1 Å². The predicted octanol–water partition coefficient (Wildman–Crippen LogP) is 2.52. The molecule has 94 valence electrons. The minimum atomic E-state index is 0.144. The van der Waals surface area contributed by atoms with Crippen LogP contribution in [0.5, 0.6) is 0 Å². The van der Waals surface area contributed by atoms with Gasteiger partial charge in [0, 0.05) is 30.1 Å². The van der Waals surface area contributed by atoms with E-state index < -0.39 is 0 Å². The lowest BCUT2D eigenvalue weighted by Gasteiger charge is -2.42. The Bertz CT molecular complexity index is 364. The van der Waals surface area contributed by atoms with Crippen LogP contribution in [-0.2, 0) is 0 Å². The molecular weight excluding hydrogens is 232 g/mol. The smallest absolute Gasteiger partial charge is 0.185 e. The Morgan fingerprint density at radius 2 is 2.41 bits per heavy atom. The van der Waals surface area contributed by atoms with Crippen LogP contribution in [0, 0.1) is 11.3 Å². The zero-order chi connectivity index (χ0) is 11.7. The van der Waals surface area contributed by atoms with Crippen molar-refractivity contribution in [2.45, 2.75) is 32.1 Å². The molecule has 0 bridgehead atoms. The Balaban J connectivity index is 1.72. The van der Waals surface area contributed by atoms with Crippen LogP contribution >= 0.6 is 11.3 Å². The van der Waals surface area contributed by atoms with Crippen LogP contribution in [0.25, 0.3) is 0 Å². The van der Waals surface area contributed by atoms with Gasteiger partial charge in [-0.1, -0.05) is 12.8 Å². The molecule has 1 aliphatic heterocycles. The van der Waals surface area contributed by atoms with E-state index in [9.17, 15) is 5.11 Å². The molecule has 2 heterocycles. The van der Waals surface area contributed by atoms with Crippen molar-refractivity contribution in [3.63, 3.8) is 0 Å². The lowest BCUT2D eigenvalue weighted by Crippen LogP contribution is -2.45. The van der Waals surface area contributed by atoms with Crippen LogP contribution in [-0.4, -0.2) is 29.8 Å². The second-order valence-corrected chi connectivity index (χ2v) is 6.52. The summed E-state index contributed by atoms with van der Waals surface area (Å²) in [6.07, 6.45) is 8.20. The molecule has 1 aliphatic carbocycles. The maximum atomic E-state index is 9.79. The fourth-order valence-corrected chi connectivity index (χ4v) is 3.71. The number of aromatic nitrogens is 1.